The number of carbonyl (C=O) groups is 1. The second-order valence-electron chi connectivity index (χ2n) is 3.88. The fourth-order valence-electron chi connectivity index (χ4n) is 1.71. The van der Waals surface area contributed by atoms with Gasteiger partial charge < -0.3 is 4.57 Å². The molecule has 0 aromatic carbocycles. The third kappa shape index (κ3) is 2.94. The van der Waals surface area contributed by atoms with E-state index in [1.54, 1.807) is 12.3 Å². The molecule has 2 aromatic heterocycles. The van der Waals surface area contributed by atoms with E-state index in [0.29, 0.717) is 14.2 Å². The molecule has 96 valence electrons. The molecule has 0 aliphatic rings. The predicted octanol–water partition coefficient (Wildman–Crippen LogP) is 4.09. The normalized spacial score (nSPS) is 10.8. The van der Waals surface area contributed by atoms with Crippen molar-refractivity contribution in [2.45, 2.75) is 26.3 Å². The predicted molar refractivity (Wildman–Crippen MR) is 74.9 cm³/mol. The molecule has 0 atom stereocenters. The first-order valence-electron chi connectivity index (χ1n) is 5.60. The molecule has 2 aromatic rings. The molecule has 2 heterocycles. The molecule has 6 heteroatoms. The molecule has 0 N–H and O–H groups in total. The van der Waals surface area contributed by atoms with Gasteiger partial charge in [0.25, 0.3) is 0 Å². The van der Waals surface area contributed by atoms with Gasteiger partial charge in [-0.05, 0) is 12.5 Å². The third-order valence-electron chi connectivity index (χ3n) is 2.55. The van der Waals surface area contributed by atoms with Crippen LogP contribution in [0.1, 0.15) is 29.5 Å². The van der Waals surface area contributed by atoms with Crippen LogP contribution in [0, 0.1) is 0 Å². The van der Waals surface area contributed by atoms with E-state index >= 15 is 0 Å². The quantitative estimate of drug-likeness (QED) is 0.780. The molecule has 0 saturated carbocycles. The smallest absolute Gasteiger partial charge is 0.184 e. The van der Waals surface area contributed by atoms with E-state index in [4.69, 9.17) is 23.2 Å². The topological polar surface area (TPSA) is 34.9 Å². The van der Waals surface area contributed by atoms with E-state index in [-0.39, 0.29) is 12.3 Å². The standard InChI is InChI=1S/C12H12Cl2N2OS/c1-2-3-11-15-4-5-16(11)7-9(17)8-6-10(13)18-12(8)14/h4-6H,2-3,7H2,1H3. The Hall–Kier alpha value is -0.840. The SMILES string of the molecule is CCCc1nccn1CC(=O)c1cc(Cl)sc1Cl. The highest BCUT2D eigenvalue weighted by atomic mass is 35.5. The number of halogens is 2. The summed E-state index contributed by atoms with van der Waals surface area (Å²) in [6.45, 7) is 2.33. The summed E-state index contributed by atoms with van der Waals surface area (Å²) in [6.07, 6.45) is 5.37. The lowest BCUT2D eigenvalue weighted by atomic mass is 10.2. The summed E-state index contributed by atoms with van der Waals surface area (Å²) < 4.78 is 2.83. The number of aromatic nitrogens is 2. The van der Waals surface area contributed by atoms with Gasteiger partial charge in [-0.3, -0.25) is 4.79 Å². The van der Waals surface area contributed by atoms with Crippen LogP contribution in [0.3, 0.4) is 0 Å². The minimum Gasteiger partial charge on any atom is -0.327 e. The molecular weight excluding hydrogens is 291 g/mol. The van der Waals surface area contributed by atoms with Crippen LogP contribution in [-0.2, 0) is 13.0 Å². The Kier molecular flexibility index (Phi) is 4.43. The summed E-state index contributed by atoms with van der Waals surface area (Å²) in [4.78, 5) is 16.4. The molecule has 0 unspecified atom stereocenters. The number of hydrogen-bond acceptors (Lipinski definition) is 3. The van der Waals surface area contributed by atoms with E-state index in [1.165, 1.54) is 11.3 Å². The Labute approximate surface area is 119 Å². The minimum absolute atomic E-state index is 0.0431. The number of aryl methyl sites for hydroxylation is 1. The molecule has 0 aliphatic carbocycles. The lowest BCUT2D eigenvalue weighted by Crippen LogP contribution is -2.12. The van der Waals surface area contributed by atoms with Gasteiger partial charge in [-0.25, -0.2) is 4.98 Å². The van der Waals surface area contributed by atoms with Crippen molar-refractivity contribution in [2.24, 2.45) is 0 Å². The minimum atomic E-state index is -0.0431. The molecule has 0 fully saturated rings. The molecular formula is C12H12Cl2N2OS. The van der Waals surface area contributed by atoms with E-state index in [2.05, 4.69) is 11.9 Å². The van der Waals surface area contributed by atoms with Crippen molar-refractivity contribution in [1.29, 1.82) is 0 Å². The average molecular weight is 303 g/mol. The molecule has 0 bridgehead atoms. The zero-order chi connectivity index (χ0) is 13.1. The number of ketones is 1. The maximum absolute atomic E-state index is 12.1. The fraction of sp³-hybridized carbons (Fsp3) is 0.333. The van der Waals surface area contributed by atoms with Crippen molar-refractivity contribution in [3.8, 4) is 0 Å². The van der Waals surface area contributed by atoms with Crippen LogP contribution in [0.4, 0.5) is 0 Å². The van der Waals surface area contributed by atoms with Crippen LogP contribution in [0.2, 0.25) is 8.67 Å². The number of thiophene rings is 1. The van der Waals surface area contributed by atoms with Crippen LogP contribution in [0.25, 0.3) is 0 Å². The van der Waals surface area contributed by atoms with Gasteiger partial charge in [-0.15, -0.1) is 11.3 Å². The summed E-state index contributed by atoms with van der Waals surface area (Å²) in [6, 6.07) is 1.62. The number of rotatable bonds is 5. The Morgan fingerprint density at radius 2 is 2.28 bits per heavy atom. The van der Waals surface area contributed by atoms with Gasteiger partial charge in [0.1, 0.15) is 10.2 Å². The molecule has 18 heavy (non-hydrogen) atoms. The van der Waals surface area contributed by atoms with E-state index in [0.717, 1.165) is 18.7 Å². The van der Waals surface area contributed by atoms with Gasteiger partial charge in [0.05, 0.1) is 16.4 Å². The Bertz CT molecular complexity index is 562. The molecule has 0 amide bonds. The van der Waals surface area contributed by atoms with E-state index in [1.807, 2.05) is 10.8 Å². The maximum atomic E-state index is 12.1. The highest BCUT2D eigenvalue weighted by molar-refractivity contribution is 7.20. The Balaban J connectivity index is 2.16. The molecule has 2 rings (SSSR count). The monoisotopic (exact) mass is 302 g/mol. The van der Waals surface area contributed by atoms with Gasteiger partial charge in [-0.2, -0.15) is 0 Å². The first kappa shape index (κ1) is 13.6. The largest absolute Gasteiger partial charge is 0.327 e. The van der Waals surface area contributed by atoms with Gasteiger partial charge in [0.2, 0.25) is 0 Å². The molecule has 0 spiro atoms. The highest BCUT2D eigenvalue weighted by Gasteiger charge is 2.15. The number of imidazole rings is 1. The lowest BCUT2D eigenvalue weighted by Gasteiger charge is -2.05. The van der Waals surface area contributed by atoms with Crippen LogP contribution in [0.5, 0.6) is 0 Å². The van der Waals surface area contributed by atoms with Gasteiger partial charge in [-0.1, -0.05) is 30.1 Å². The maximum Gasteiger partial charge on any atom is 0.184 e. The lowest BCUT2D eigenvalue weighted by molar-refractivity contribution is 0.0971. The first-order chi connectivity index (χ1) is 8.61. The fourth-order valence-corrected chi connectivity index (χ4v) is 3.21. The Morgan fingerprint density at radius 1 is 1.50 bits per heavy atom. The highest BCUT2D eigenvalue weighted by Crippen LogP contribution is 2.31. The van der Waals surface area contributed by atoms with E-state index in [9.17, 15) is 4.79 Å². The summed E-state index contributed by atoms with van der Waals surface area (Å²) >= 11 is 13.0. The van der Waals surface area contributed by atoms with Crippen molar-refractivity contribution in [1.82, 2.24) is 9.55 Å². The molecule has 0 saturated heterocycles. The van der Waals surface area contributed by atoms with E-state index < -0.39 is 0 Å². The third-order valence-corrected chi connectivity index (χ3v) is 4.03. The molecule has 3 nitrogen and oxygen atoms in total. The average Bonchev–Trinajstić information content (AvgIpc) is 2.87. The van der Waals surface area contributed by atoms with Crippen molar-refractivity contribution in [3.63, 3.8) is 0 Å². The van der Waals surface area contributed by atoms with Gasteiger partial charge in [0, 0.05) is 18.8 Å². The Morgan fingerprint density at radius 3 is 2.89 bits per heavy atom. The second-order valence-corrected chi connectivity index (χ2v) is 6.17. The summed E-state index contributed by atoms with van der Waals surface area (Å²) in [5, 5.41) is 0. The number of hydrogen-bond donors (Lipinski definition) is 0. The van der Waals surface area contributed by atoms with Crippen LogP contribution in [-0.4, -0.2) is 15.3 Å². The van der Waals surface area contributed by atoms with Crippen molar-refractivity contribution in [2.75, 3.05) is 0 Å². The summed E-state index contributed by atoms with van der Waals surface area (Å²) in [7, 11) is 0. The number of Topliss-reactive ketones (excluding diaryl/α,β-unsaturated/α-hetero) is 1. The van der Waals surface area contributed by atoms with Crippen molar-refractivity contribution < 1.29 is 4.79 Å². The van der Waals surface area contributed by atoms with Crippen LogP contribution >= 0.6 is 34.5 Å². The van der Waals surface area contributed by atoms with Crippen molar-refractivity contribution >= 4 is 40.3 Å². The van der Waals surface area contributed by atoms with Crippen molar-refractivity contribution in [3.05, 3.63) is 38.5 Å². The number of carbonyl (C=O) groups excluding carboxylic acids is 1. The summed E-state index contributed by atoms with van der Waals surface area (Å²) in [5.41, 5.74) is 0.489. The first-order valence-corrected chi connectivity index (χ1v) is 7.17. The van der Waals surface area contributed by atoms with Crippen LogP contribution in [0.15, 0.2) is 18.5 Å². The number of nitrogens with zero attached hydrogens (tertiary/aromatic N) is 2. The van der Waals surface area contributed by atoms with Gasteiger partial charge >= 0.3 is 0 Å². The zero-order valence-corrected chi connectivity index (χ0v) is 12.1. The molecule has 0 aliphatic heterocycles. The second kappa shape index (κ2) is 5.87. The molecule has 0 radical (unpaired) electrons. The van der Waals surface area contributed by atoms with Crippen LogP contribution < -0.4 is 0 Å². The zero-order valence-electron chi connectivity index (χ0n) is 9.82. The summed E-state index contributed by atoms with van der Waals surface area (Å²) in [5.74, 6) is 0.877. The van der Waals surface area contributed by atoms with Gasteiger partial charge in [0.15, 0.2) is 5.78 Å².